The highest BCUT2D eigenvalue weighted by atomic mass is 19.1. The van der Waals surface area contributed by atoms with Crippen LogP contribution in [0.5, 0.6) is 5.75 Å². The molecule has 5 heteroatoms. The van der Waals surface area contributed by atoms with Gasteiger partial charge in [-0.2, -0.15) is 0 Å². The second-order valence-corrected chi connectivity index (χ2v) is 4.43. The predicted molar refractivity (Wildman–Crippen MR) is 77.1 cm³/mol. The van der Waals surface area contributed by atoms with Gasteiger partial charge in [-0.15, -0.1) is 0 Å². The maximum Gasteiger partial charge on any atom is 0.228 e. The molecule has 21 heavy (non-hydrogen) atoms. The van der Waals surface area contributed by atoms with Crippen molar-refractivity contribution >= 4 is 17.9 Å². The molecule has 2 aromatic carbocycles. The Bertz CT molecular complexity index is 653. The number of nitrogens with one attached hydrogen (secondary N) is 1. The van der Waals surface area contributed by atoms with E-state index < -0.39 is 0 Å². The van der Waals surface area contributed by atoms with Gasteiger partial charge in [0.1, 0.15) is 17.9 Å². The molecule has 1 amide bonds. The number of rotatable bonds is 5. The molecule has 0 radical (unpaired) electrons. The van der Waals surface area contributed by atoms with Gasteiger partial charge < -0.3 is 10.1 Å². The van der Waals surface area contributed by atoms with Crippen LogP contribution in [0, 0.1) is 5.82 Å². The topological polar surface area (TPSA) is 55.4 Å². The summed E-state index contributed by atoms with van der Waals surface area (Å²) in [4.78, 5) is 22.8. The van der Waals surface area contributed by atoms with E-state index in [1.165, 1.54) is 25.3 Å². The van der Waals surface area contributed by atoms with Crippen molar-refractivity contribution in [3.63, 3.8) is 0 Å². The minimum Gasteiger partial charge on any atom is -0.495 e. The fraction of sp³-hybridized carbons (Fsp3) is 0.125. The van der Waals surface area contributed by atoms with E-state index in [0.29, 0.717) is 28.8 Å². The summed E-state index contributed by atoms with van der Waals surface area (Å²) in [6.07, 6.45) is 0.795. The fourth-order valence-electron chi connectivity index (χ4n) is 1.88. The summed E-state index contributed by atoms with van der Waals surface area (Å²) in [5.41, 5.74) is 1.56. The third kappa shape index (κ3) is 3.89. The third-order valence-corrected chi connectivity index (χ3v) is 2.91. The predicted octanol–water partition coefficient (Wildman–Crippen LogP) is 2.83. The summed E-state index contributed by atoms with van der Waals surface area (Å²) in [6, 6.07) is 10.4. The zero-order valence-electron chi connectivity index (χ0n) is 11.4. The quantitative estimate of drug-likeness (QED) is 0.860. The van der Waals surface area contributed by atoms with Gasteiger partial charge in [0.05, 0.1) is 19.2 Å². The number of aldehydes is 1. The first-order valence-corrected chi connectivity index (χ1v) is 6.30. The third-order valence-electron chi connectivity index (χ3n) is 2.91. The molecule has 108 valence electrons. The lowest BCUT2D eigenvalue weighted by Crippen LogP contribution is -2.15. The van der Waals surface area contributed by atoms with Crippen LogP contribution in [0.3, 0.4) is 0 Å². The number of carbonyl (C=O) groups excluding carboxylic acids is 2. The lowest BCUT2D eigenvalue weighted by atomic mass is 10.1. The molecule has 0 atom stereocenters. The van der Waals surface area contributed by atoms with Gasteiger partial charge in [0.15, 0.2) is 0 Å². The molecular weight excluding hydrogens is 273 g/mol. The molecule has 0 bridgehead atoms. The Morgan fingerprint density at radius 3 is 2.57 bits per heavy atom. The van der Waals surface area contributed by atoms with E-state index in [2.05, 4.69) is 5.32 Å². The molecule has 0 aliphatic rings. The number of methoxy groups -OCH3 is 1. The summed E-state index contributed by atoms with van der Waals surface area (Å²) < 4.78 is 17.9. The molecule has 0 unspecified atom stereocenters. The van der Waals surface area contributed by atoms with Gasteiger partial charge in [0, 0.05) is 5.56 Å². The second-order valence-electron chi connectivity index (χ2n) is 4.43. The number of carbonyl (C=O) groups is 2. The van der Waals surface area contributed by atoms with Gasteiger partial charge in [-0.1, -0.05) is 12.1 Å². The molecule has 0 saturated carbocycles. The SMILES string of the molecule is COc1ccc(C=O)cc1NC(=O)Cc1ccc(F)cc1. The lowest BCUT2D eigenvalue weighted by molar-refractivity contribution is -0.115. The molecule has 1 N–H and O–H groups in total. The van der Waals surface area contributed by atoms with Gasteiger partial charge in [0.2, 0.25) is 5.91 Å². The Kier molecular flexibility index (Phi) is 4.66. The van der Waals surface area contributed by atoms with Crippen molar-refractivity contribution in [2.75, 3.05) is 12.4 Å². The number of amides is 1. The Hall–Kier alpha value is -2.69. The molecule has 2 aromatic rings. The number of hydrogen-bond donors (Lipinski definition) is 1. The van der Waals surface area contributed by atoms with Crippen LogP contribution in [0.15, 0.2) is 42.5 Å². The Morgan fingerprint density at radius 2 is 1.95 bits per heavy atom. The van der Waals surface area contributed by atoms with Crippen LogP contribution in [-0.4, -0.2) is 19.3 Å². The van der Waals surface area contributed by atoms with Crippen molar-refractivity contribution < 1.29 is 18.7 Å². The molecule has 0 spiro atoms. The molecule has 0 heterocycles. The molecular formula is C16H14FNO3. The highest BCUT2D eigenvalue weighted by molar-refractivity contribution is 5.94. The first-order valence-electron chi connectivity index (χ1n) is 6.30. The summed E-state index contributed by atoms with van der Waals surface area (Å²) in [5, 5.41) is 2.68. The normalized spacial score (nSPS) is 10.0. The van der Waals surface area contributed by atoms with Gasteiger partial charge >= 0.3 is 0 Å². The van der Waals surface area contributed by atoms with E-state index >= 15 is 0 Å². The number of halogens is 1. The second kappa shape index (κ2) is 6.65. The van der Waals surface area contributed by atoms with Crippen LogP contribution in [0.1, 0.15) is 15.9 Å². The Morgan fingerprint density at radius 1 is 1.24 bits per heavy atom. The monoisotopic (exact) mass is 287 g/mol. The number of ether oxygens (including phenoxy) is 1. The van der Waals surface area contributed by atoms with Crippen LogP contribution in [0.25, 0.3) is 0 Å². The van der Waals surface area contributed by atoms with Gasteiger partial charge in [-0.25, -0.2) is 4.39 Å². The maximum absolute atomic E-state index is 12.8. The van der Waals surface area contributed by atoms with Crippen molar-refractivity contribution in [2.24, 2.45) is 0 Å². The number of hydrogen-bond acceptors (Lipinski definition) is 3. The van der Waals surface area contributed by atoms with Crippen LogP contribution in [-0.2, 0) is 11.2 Å². The van der Waals surface area contributed by atoms with Crippen molar-refractivity contribution in [1.29, 1.82) is 0 Å². The standard InChI is InChI=1S/C16H14FNO3/c1-21-15-7-4-12(10-19)8-14(15)18-16(20)9-11-2-5-13(17)6-3-11/h2-8,10H,9H2,1H3,(H,18,20). The van der Waals surface area contributed by atoms with Crippen LogP contribution in [0.2, 0.25) is 0 Å². The molecule has 0 saturated heterocycles. The van der Waals surface area contributed by atoms with E-state index in [1.54, 1.807) is 24.3 Å². The Labute approximate surface area is 121 Å². The summed E-state index contributed by atoms with van der Waals surface area (Å²) in [6.45, 7) is 0. The summed E-state index contributed by atoms with van der Waals surface area (Å²) in [7, 11) is 1.48. The average Bonchev–Trinajstić information content (AvgIpc) is 2.49. The van der Waals surface area contributed by atoms with Crippen molar-refractivity contribution in [3.8, 4) is 5.75 Å². The highest BCUT2D eigenvalue weighted by Gasteiger charge is 2.09. The maximum atomic E-state index is 12.8. The van der Waals surface area contributed by atoms with Crippen molar-refractivity contribution in [2.45, 2.75) is 6.42 Å². The van der Waals surface area contributed by atoms with Gasteiger partial charge in [-0.05, 0) is 35.9 Å². The lowest BCUT2D eigenvalue weighted by Gasteiger charge is -2.10. The minimum atomic E-state index is -0.348. The molecule has 0 aliphatic heterocycles. The fourth-order valence-corrected chi connectivity index (χ4v) is 1.88. The molecule has 2 rings (SSSR count). The van der Waals surface area contributed by atoms with Crippen molar-refractivity contribution in [3.05, 3.63) is 59.4 Å². The van der Waals surface area contributed by atoms with Crippen LogP contribution < -0.4 is 10.1 Å². The van der Waals surface area contributed by atoms with E-state index in [1.807, 2.05) is 0 Å². The smallest absolute Gasteiger partial charge is 0.228 e. The first-order chi connectivity index (χ1) is 10.1. The van der Waals surface area contributed by atoms with Crippen molar-refractivity contribution in [1.82, 2.24) is 0 Å². The summed E-state index contributed by atoms with van der Waals surface area (Å²) >= 11 is 0. The van der Waals surface area contributed by atoms with Gasteiger partial charge in [-0.3, -0.25) is 9.59 Å². The largest absolute Gasteiger partial charge is 0.495 e. The number of benzene rings is 2. The van der Waals surface area contributed by atoms with Gasteiger partial charge in [0.25, 0.3) is 0 Å². The Balaban J connectivity index is 2.11. The highest BCUT2D eigenvalue weighted by Crippen LogP contribution is 2.25. The van der Waals surface area contributed by atoms with E-state index in [4.69, 9.17) is 4.74 Å². The minimum absolute atomic E-state index is 0.106. The molecule has 0 aliphatic carbocycles. The average molecular weight is 287 g/mol. The van der Waals surface area contributed by atoms with E-state index in [0.717, 1.165) is 0 Å². The van der Waals surface area contributed by atoms with Crippen LogP contribution >= 0.6 is 0 Å². The first kappa shape index (κ1) is 14.7. The molecule has 0 fully saturated rings. The zero-order chi connectivity index (χ0) is 15.2. The van der Waals surface area contributed by atoms with E-state index in [-0.39, 0.29) is 18.1 Å². The summed E-state index contributed by atoms with van der Waals surface area (Å²) in [5.74, 6) is -0.157. The van der Waals surface area contributed by atoms with E-state index in [9.17, 15) is 14.0 Å². The number of anilines is 1. The zero-order valence-corrected chi connectivity index (χ0v) is 11.4. The van der Waals surface area contributed by atoms with Crippen LogP contribution in [0.4, 0.5) is 10.1 Å². The molecule has 0 aromatic heterocycles. The molecule has 4 nitrogen and oxygen atoms in total.